The lowest BCUT2D eigenvalue weighted by Gasteiger charge is -2.18. The largest absolute Gasteiger partial charge is 0.442 e. The van der Waals surface area contributed by atoms with Crippen molar-refractivity contribution in [2.45, 2.75) is 89.2 Å². The number of hydrogen-bond acceptors (Lipinski definition) is 12. The van der Waals surface area contributed by atoms with E-state index in [9.17, 15) is 26.4 Å². The molecule has 0 saturated carbocycles. The van der Waals surface area contributed by atoms with Crippen LogP contribution in [0.25, 0.3) is 0 Å². The number of ether oxygens (including phenoxy) is 2. The van der Waals surface area contributed by atoms with Crippen LogP contribution in [0.1, 0.15) is 63.8 Å². The van der Waals surface area contributed by atoms with E-state index in [-0.39, 0.29) is 23.0 Å². The molecular weight excluding hydrogens is 724 g/mol. The van der Waals surface area contributed by atoms with Crippen LogP contribution in [0.4, 0.5) is 9.59 Å². The molecule has 0 atom stereocenters. The third-order valence-electron chi connectivity index (χ3n) is 6.08. The number of rotatable bonds is 8. The Labute approximate surface area is 303 Å². The molecule has 51 heavy (non-hydrogen) atoms. The summed E-state index contributed by atoms with van der Waals surface area (Å²) in [5.41, 5.74) is 2.31. The quantitative estimate of drug-likeness (QED) is 0.162. The van der Waals surface area contributed by atoms with Crippen molar-refractivity contribution in [3.05, 3.63) is 95.6 Å². The fourth-order valence-corrected chi connectivity index (χ4v) is 5.35. The van der Waals surface area contributed by atoms with Gasteiger partial charge in [0.25, 0.3) is 19.2 Å². The van der Waals surface area contributed by atoms with Crippen LogP contribution >= 0.6 is 10.7 Å². The number of halogens is 1. The lowest BCUT2D eigenvalue weighted by Crippen LogP contribution is -2.27. The molecule has 0 aliphatic rings. The maximum Gasteiger partial charge on any atom is 0.435 e. The molecular formula is C34H45ClN4O10S2. The smallest absolute Gasteiger partial charge is 0.435 e. The van der Waals surface area contributed by atoms with Crippen LogP contribution in [0.3, 0.4) is 0 Å². The van der Waals surface area contributed by atoms with Gasteiger partial charge in [0.1, 0.15) is 11.2 Å². The highest BCUT2D eigenvalue weighted by Gasteiger charge is 2.20. The molecule has 0 saturated heterocycles. The molecule has 2 aromatic carbocycles. The van der Waals surface area contributed by atoms with Crippen LogP contribution in [-0.2, 0) is 45.7 Å². The highest BCUT2D eigenvalue weighted by atomic mass is 35.7. The number of aryl methyl sites for hydroxylation is 2. The minimum absolute atomic E-state index is 0.0417. The summed E-state index contributed by atoms with van der Waals surface area (Å²) < 4.78 is 63.1. The van der Waals surface area contributed by atoms with Gasteiger partial charge in [-0.3, -0.25) is 4.18 Å². The Bertz CT molecular complexity index is 1940. The monoisotopic (exact) mass is 768 g/mol. The van der Waals surface area contributed by atoms with Gasteiger partial charge in [0, 0.05) is 36.1 Å². The second-order valence-electron chi connectivity index (χ2n) is 13.1. The molecule has 0 bridgehead atoms. The van der Waals surface area contributed by atoms with Crippen LogP contribution in [0.2, 0.25) is 0 Å². The molecule has 0 aliphatic heterocycles. The molecule has 4 aromatic rings. The minimum atomic E-state index is -3.80. The summed E-state index contributed by atoms with van der Waals surface area (Å²) in [5.74, 6) is 0. The molecule has 14 nitrogen and oxygen atoms in total. The van der Waals surface area contributed by atoms with Gasteiger partial charge in [0.05, 0.1) is 28.8 Å². The first-order chi connectivity index (χ1) is 23.5. The molecule has 17 heteroatoms. The van der Waals surface area contributed by atoms with E-state index in [1.54, 1.807) is 78.2 Å². The van der Waals surface area contributed by atoms with E-state index in [4.69, 9.17) is 29.4 Å². The van der Waals surface area contributed by atoms with Crippen molar-refractivity contribution in [2.24, 2.45) is 0 Å². The topological polar surface area (TPSA) is 186 Å². The maximum absolute atomic E-state index is 12.1. The highest BCUT2D eigenvalue weighted by molar-refractivity contribution is 8.13. The third kappa shape index (κ3) is 16.2. The van der Waals surface area contributed by atoms with Gasteiger partial charge in [0.2, 0.25) is 0 Å². The van der Waals surface area contributed by atoms with E-state index in [1.165, 1.54) is 36.7 Å². The summed E-state index contributed by atoms with van der Waals surface area (Å²) in [6.45, 7) is 14.4. The van der Waals surface area contributed by atoms with Gasteiger partial charge in [-0.1, -0.05) is 35.4 Å². The average molecular weight is 769 g/mol. The Morgan fingerprint density at radius 1 is 0.706 bits per heavy atom. The number of carbonyl (C=O) groups excluding carboxylic acids is 2. The molecule has 2 aromatic heterocycles. The SMILES string of the molecule is CC(C)(C)OC(=O)n1cc(CCO)cn1.Cc1ccc(S(=O)(=O)Cl)cc1.Cc1ccc(S(=O)(=O)OCCc2cnn(C(=O)OC(C)(C)C)c2)cc1. The van der Waals surface area contributed by atoms with Crippen molar-refractivity contribution in [2.75, 3.05) is 13.2 Å². The van der Waals surface area contributed by atoms with Crippen LogP contribution in [0.15, 0.2) is 83.1 Å². The number of benzene rings is 2. The summed E-state index contributed by atoms with van der Waals surface area (Å²) in [7, 11) is -2.26. The molecule has 0 spiro atoms. The van der Waals surface area contributed by atoms with Gasteiger partial charge < -0.3 is 14.6 Å². The van der Waals surface area contributed by atoms with Crippen LogP contribution in [0.5, 0.6) is 0 Å². The van der Waals surface area contributed by atoms with Crippen molar-refractivity contribution < 1.29 is 45.2 Å². The first kappa shape index (κ1) is 43.1. The summed E-state index contributed by atoms with van der Waals surface area (Å²) >= 11 is 0. The normalized spacial score (nSPS) is 11.8. The molecule has 1 N–H and O–H groups in total. The van der Waals surface area contributed by atoms with Crippen molar-refractivity contribution in [3.8, 4) is 0 Å². The Morgan fingerprint density at radius 2 is 1.10 bits per heavy atom. The van der Waals surface area contributed by atoms with Crippen LogP contribution < -0.4 is 0 Å². The molecule has 280 valence electrons. The summed E-state index contributed by atoms with van der Waals surface area (Å²) in [6, 6.07) is 12.8. The number of aliphatic hydroxyl groups is 1. The zero-order valence-electron chi connectivity index (χ0n) is 29.9. The maximum atomic E-state index is 12.1. The predicted octanol–water partition coefficient (Wildman–Crippen LogP) is 6.05. The van der Waals surface area contributed by atoms with E-state index < -0.39 is 42.6 Å². The molecule has 2 heterocycles. The number of aliphatic hydroxyl groups excluding tert-OH is 1. The van der Waals surface area contributed by atoms with E-state index in [0.29, 0.717) is 18.4 Å². The molecule has 4 rings (SSSR count). The zero-order valence-corrected chi connectivity index (χ0v) is 32.3. The summed E-state index contributed by atoms with van der Waals surface area (Å²) in [6.07, 6.45) is 5.77. The Balaban J connectivity index is 0.000000293. The molecule has 0 amide bonds. The number of nitrogens with zero attached hydrogens (tertiary/aromatic N) is 4. The van der Waals surface area contributed by atoms with Crippen LogP contribution in [-0.4, -0.2) is 78.1 Å². The first-order valence-corrected chi connectivity index (χ1v) is 19.3. The fraction of sp³-hybridized carbons (Fsp3) is 0.412. The third-order valence-corrected chi connectivity index (χ3v) is 8.77. The van der Waals surface area contributed by atoms with Gasteiger partial charge in [0.15, 0.2) is 0 Å². The van der Waals surface area contributed by atoms with E-state index in [0.717, 1.165) is 26.1 Å². The van der Waals surface area contributed by atoms with E-state index >= 15 is 0 Å². The van der Waals surface area contributed by atoms with E-state index in [1.807, 2.05) is 13.8 Å². The first-order valence-electron chi connectivity index (χ1n) is 15.6. The fourth-order valence-electron chi connectivity index (χ4n) is 3.67. The lowest BCUT2D eigenvalue weighted by molar-refractivity contribution is 0.0503. The summed E-state index contributed by atoms with van der Waals surface area (Å²) in [5, 5.41) is 16.5. The van der Waals surface area contributed by atoms with Crippen molar-refractivity contribution in [1.29, 1.82) is 0 Å². The molecule has 0 aliphatic carbocycles. The molecule has 0 unspecified atom stereocenters. The Kier molecular flexibility index (Phi) is 15.6. The van der Waals surface area contributed by atoms with Crippen molar-refractivity contribution in [1.82, 2.24) is 19.6 Å². The van der Waals surface area contributed by atoms with Gasteiger partial charge >= 0.3 is 12.2 Å². The van der Waals surface area contributed by atoms with Gasteiger partial charge in [-0.25, -0.2) is 18.0 Å². The van der Waals surface area contributed by atoms with Crippen LogP contribution in [0, 0.1) is 13.8 Å². The van der Waals surface area contributed by atoms with Crippen molar-refractivity contribution >= 4 is 42.0 Å². The Morgan fingerprint density at radius 3 is 1.47 bits per heavy atom. The van der Waals surface area contributed by atoms with Crippen molar-refractivity contribution in [3.63, 3.8) is 0 Å². The molecule has 0 radical (unpaired) electrons. The van der Waals surface area contributed by atoms with E-state index in [2.05, 4.69) is 10.2 Å². The average Bonchev–Trinajstić information content (AvgIpc) is 3.67. The van der Waals surface area contributed by atoms with Gasteiger partial charge in [-0.15, -0.1) is 0 Å². The van der Waals surface area contributed by atoms with Gasteiger partial charge in [-0.05, 0) is 97.2 Å². The minimum Gasteiger partial charge on any atom is -0.442 e. The highest BCUT2D eigenvalue weighted by Crippen LogP contribution is 2.16. The molecule has 0 fully saturated rings. The number of carbonyl (C=O) groups is 2. The second-order valence-corrected chi connectivity index (χ2v) is 17.3. The Hall–Kier alpha value is -4.09. The number of aromatic nitrogens is 4. The standard InChI is InChI=1S/C17H22N2O5S.C10H16N2O3.C7H7ClO2S/c1-13-5-7-15(8-6-13)25(21,22)23-10-9-14-11-18-19(12-14)16(20)24-17(2,3)4;1-10(2,3)15-9(14)12-7-8(4-5-13)6-11-12;1-6-2-4-7(5-3-6)11(8,9)10/h5-8,11-12H,9-10H2,1-4H3;6-7,13H,4-5H2,1-3H3;2-5H,1H3. The zero-order chi connectivity index (χ0) is 38.6. The second kappa shape index (κ2) is 18.4. The number of hydrogen-bond donors (Lipinski definition) is 1. The lowest BCUT2D eigenvalue weighted by atomic mass is 10.2. The van der Waals surface area contributed by atoms with Gasteiger partial charge in [-0.2, -0.15) is 28.0 Å². The summed E-state index contributed by atoms with van der Waals surface area (Å²) in [4.78, 5) is 23.6. The predicted molar refractivity (Wildman–Crippen MR) is 191 cm³/mol.